The summed E-state index contributed by atoms with van der Waals surface area (Å²) in [6.45, 7) is -1.96. The van der Waals surface area contributed by atoms with E-state index in [9.17, 15) is 81.7 Å². The van der Waals surface area contributed by atoms with Crippen LogP contribution >= 0.6 is 0 Å². The fourth-order valence-corrected chi connectivity index (χ4v) is 11.3. The van der Waals surface area contributed by atoms with E-state index in [2.05, 4.69) is 0 Å². The molecule has 6 aromatic rings. The first-order valence-electron chi connectivity index (χ1n) is 26.8. The van der Waals surface area contributed by atoms with Crippen molar-refractivity contribution >= 4 is 12.2 Å². The normalized spacial score (nSPS) is 32.7. The molecule has 24 nitrogen and oxygen atoms in total. The van der Waals surface area contributed by atoms with Gasteiger partial charge < -0.3 is 120 Å². The number of aliphatic hydroxyl groups excluding tert-OH is 12. The highest BCUT2D eigenvalue weighted by atomic mass is 16.7. The van der Waals surface area contributed by atoms with Gasteiger partial charge in [0.05, 0.1) is 31.7 Å². The summed E-state index contributed by atoms with van der Waals surface area (Å²) >= 11 is 0. The van der Waals surface area contributed by atoms with E-state index >= 15 is 0 Å². The Labute approximate surface area is 477 Å². The lowest BCUT2D eigenvalue weighted by molar-refractivity contribution is -0.277. The van der Waals surface area contributed by atoms with Crippen LogP contribution in [0.1, 0.15) is 68.6 Å². The average Bonchev–Trinajstić information content (AvgIpc) is 3.44. The molecule has 0 unspecified atom stereocenters. The Balaban J connectivity index is 0.913. The molecule has 446 valence electrons. The van der Waals surface area contributed by atoms with Crippen LogP contribution in [0.3, 0.4) is 0 Å². The van der Waals surface area contributed by atoms with Crippen LogP contribution in [0, 0.1) is 0 Å². The van der Waals surface area contributed by atoms with Gasteiger partial charge in [-0.15, -0.1) is 0 Å². The van der Waals surface area contributed by atoms with Gasteiger partial charge in [-0.05, 0) is 106 Å². The van der Waals surface area contributed by atoms with E-state index in [1.54, 1.807) is 72.8 Å². The summed E-state index contributed by atoms with van der Waals surface area (Å²) in [5.74, 6) is -1.76. The Morgan fingerprint density at radius 1 is 0.357 bits per heavy atom. The van der Waals surface area contributed by atoms with Crippen molar-refractivity contribution in [1.29, 1.82) is 0 Å². The molecule has 16 N–H and O–H groups in total. The molecule has 24 heteroatoms. The van der Waals surface area contributed by atoms with Gasteiger partial charge in [-0.1, -0.05) is 48.6 Å². The largest absolute Gasteiger partial charge is 0.508 e. The highest BCUT2D eigenvalue weighted by molar-refractivity contribution is 5.73. The number of phenolic OH excluding ortho intramolecular Hbond substituents is 4. The van der Waals surface area contributed by atoms with E-state index in [1.165, 1.54) is 48.5 Å². The van der Waals surface area contributed by atoms with Crippen LogP contribution in [0.25, 0.3) is 12.2 Å². The predicted molar refractivity (Wildman–Crippen MR) is 288 cm³/mol. The minimum absolute atomic E-state index is 0.157. The van der Waals surface area contributed by atoms with Crippen LogP contribution in [0.2, 0.25) is 0 Å². The molecule has 3 fully saturated rings. The van der Waals surface area contributed by atoms with Crippen molar-refractivity contribution in [2.24, 2.45) is 0 Å². The molecule has 0 aliphatic carbocycles. The van der Waals surface area contributed by atoms with Gasteiger partial charge in [0.25, 0.3) is 0 Å². The Hall–Kier alpha value is -7.34. The SMILES string of the molecule is OC[C@@H]1O[C@H](Oc2ccc([C@H]3Oc4cc(C=Cc5ccc(O[C@H]6O[C@H](CO)[C@H](O)[C@H](O)[C@H]6O)cc5)cc(O)c4[C@@H]3c3cc(O)c4c(c3)O[C@H](c3ccc(O[C@@H]5O[C@H](CO)[C@H](O)[C@@H](O)[C@@H]5O)cc3)[C@H]4c3cc(O)cc(O)c3)cc2)[C@@H](O)[C@@H](O)[C@@H]1O. The van der Waals surface area contributed by atoms with Crippen molar-refractivity contribution in [3.63, 3.8) is 0 Å². The minimum atomic E-state index is -1.69. The molecule has 3 saturated heterocycles. The van der Waals surface area contributed by atoms with Gasteiger partial charge in [0.2, 0.25) is 18.9 Å². The van der Waals surface area contributed by atoms with E-state index in [1.807, 2.05) is 0 Å². The monoisotopic (exact) mass is 1170 g/mol. The number of fused-ring (bicyclic) bond motifs is 2. The zero-order valence-electron chi connectivity index (χ0n) is 44.1. The van der Waals surface area contributed by atoms with Crippen LogP contribution in [-0.2, 0) is 14.2 Å². The lowest BCUT2D eigenvalue weighted by Gasteiger charge is -2.39. The number of hydrogen-bond acceptors (Lipinski definition) is 24. The number of hydrogen-bond donors (Lipinski definition) is 16. The average molecular weight is 1170 g/mol. The summed E-state index contributed by atoms with van der Waals surface area (Å²) in [5.41, 5.74) is 3.57. The van der Waals surface area contributed by atoms with Crippen LogP contribution in [0.4, 0.5) is 0 Å². The second-order valence-corrected chi connectivity index (χ2v) is 21.2. The van der Waals surface area contributed by atoms with Gasteiger partial charge in [0.1, 0.15) is 137 Å². The first-order chi connectivity index (χ1) is 40.3. The van der Waals surface area contributed by atoms with Gasteiger partial charge in [-0.25, -0.2) is 0 Å². The number of aromatic hydroxyl groups is 4. The fourth-order valence-electron chi connectivity index (χ4n) is 11.3. The molecule has 5 aliphatic rings. The number of aliphatic hydroxyl groups is 12. The molecule has 6 aromatic carbocycles. The van der Waals surface area contributed by atoms with Gasteiger partial charge in [0, 0.05) is 17.2 Å². The van der Waals surface area contributed by atoms with E-state index < -0.39 is 136 Å². The van der Waals surface area contributed by atoms with Crippen LogP contribution in [-0.4, -0.2) is 194 Å². The molecule has 19 atom stereocenters. The van der Waals surface area contributed by atoms with Gasteiger partial charge in [-0.3, -0.25) is 0 Å². The summed E-state index contributed by atoms with van der Waals surface area (Å²) in [7, 11) is 0. The molecule has 5 aliphatic heterocycles. The summed E-state index contributed by atoms with van der Waals surface area (Å²) in [6.07, 6.45) is -21.1. The van der Waals surface area contributed by atoms with Crippen molar-refractivity contribution in [2.45, 2.75) is 116 Å². The highest BCUT2D eigenvalue weighted by Gasteiger charge is 2.49. The van der Waals surface area contributed by atoms with Gasteiger partial charge >= 0.3 is 0 Å². The lowest BCUT2D eigenvalue weighted by Crippen LogP contribution is -2.60. The molecule has 0 radical (unpaired) electrons. The Kier molecular flexibility index (Phi) is 16.7. The summed E-state index contributed by atoms with van der Waals surface area (Å²) in [5, 5.41) is 168. The Morgan fingerprint density at radius 2 is 0.714 bits per heavy atom. The van der Waals surface area contributed by atoms with Crippen LogP contribution in [0.5, 0.6) is 51.7 Å². The first-order valence-corrected chi connectivity index (χ1v) is 26.8. The van der Waals surface area contributed by atoms with E-state index in [0.717, 1.165) is 6.07 Å². The lowest BCUT2D eigenvalue weighted by atomic mass is 9.81. The molecule has 0 bridgehead atoms. The van der Waals surface area contributed by atoms with Gasteiger partial charge in [-0.2, -0.15) is 0 Å². The minimum Gasteiger partial charge on any atom is -0.508 e. The zero-order chi connectivity index (χ0) is 59.4. The first kappa shape index (κ1) is 58.4. The maximum Gasteiger partial charge on any atom is 0.229 e. The van der Waals surface area contributed by atoms with Crippen molar-refractivity contribution in [1.82, 2.24) is 0 Å². The third kappa shape index (κ3) is 11.3. The van der Waals surface area contributed by atoms with Crippen LogP contribution < -0.4 is 23.7 Å². The third-order valence-corrected chi connectivity index (χ3v) is 15.7. The molecule has 11 rings (SSSR count). The van der Waals surface area contributed by atoms with Crippen molar-refractivity contribution in [3.05, 3.63) is 160 Å². The summed E-state index contributed by atoms with van der Waals surface area (Å²) in [4.78, 5) is 0. The van der Waals surface area contributed by atoms with Crippen LogP contribution in [0.15, 0.2) is 115 Å². The molecule has 0 aromatic heterocycles. The second-order valence-electron chi connectivity index (χ2n) is 21.2. The quantitative estimate of drug-likeness (QED) is 0.0631. The third-order valence-electron chi connectivity index (χ3n) is 15.7. The zero-order valence-corrected chi connectivity index (χ0v) is 44.1. The smallest absolute Gasteiger partial charge is 0.229 e. The maximum atomic E-state index is 12.3. The number of rotatable bonds is 15. The summed E-state index contributed by atoms with van der Waals surface area (Å²) in [6, 6.07) is 29.6. The van der Waals surface area contributed by atoms with E-state index in [4.69, 9.17) is 37.9 Å². The number of phenols is 4. The van der Waals surface area contributed by atoms with Crippen molar-refractivity contribution in [3.8, 4) is 51.7 Å². The van der Waals surface area contributed by atoms with Gasteiger partial charge in [0.15, 0.2) is 0 Å². The standard InChI is InChI=1S/C60H62O24/c61-22-40-47(68)50(71)53(74)58(82-40)77-33-9-3-25(4-10-33)1-2-26-15-36(66)45-38(16-26)80-57(28-7-13-35(14-8-28)79-60-55(76)52(73)49(70)42(24-63)84-60)44(45)30-19-37(67)46-39(20-30)81-56(43(46)29-17-31(64)21-32(65)18-29)27-5-11-34(12-6-27)78-59-54(75)51(72)48(69)41(23-62)83-59/h1-21,40-44,47-76H,22-24H2/t40-,41-,42+,43+,44+,47+,48+,49-,50+,51-,52+,53-,54+,55+,56-,57-,58+,59-,60+/m1/s1. The molecule has 0 saturated carbocycles. The Morgan fingerprint density at radius 3 is 1.12 bits per heavy atom. The molecule has 0 spiro atoms. The second kappa shape index (κ2) is 24.0. The highest BCUT2D eigenvalue weighted by Crippen LogP contribution is 2.59. The molecule has 5 heterocycles. The molecular formula is C60H62O24. The topological polar surface area (TPSA) is 398 Å². The number of ether oxygens (including phenoxy) is 8. The van der Waals surface area contributed by atoms with Crippen molar-refractivity contribution < 1.29 is 120 Å². The predicted octanol–water partition coefficient (Wildman–Crippen LogP) is 0.747. The Bertz CT molecular complexity index is 3280. The maximum absolute atomic E-state index is 12.3. The molecule has 84 heavy (non-hydrogen) atoms. The van der Waals surface area contributed by atoms with E-state index in [0.29, 0.717) is 38.9 Å². The fraction of sp³-hybridized carbons (Fsp3) is 0.367. The molecule has 0 amide bonds. The van der Waals surface area contributed by atoms with E-state index in [-0.39, 0.29) is 57.3 Å². The number of benzene rings is 6. The summed E-state index contributed by atoms with van der Waals surface area (Å²) < 4.78 is 47.5. The molecular weight excluding hydrogens is 1100 g/mol. The van der Waals surface area contributed by atoms with Crippen molar-refractivity contribution in [2.75, 3.05) is 19.8 Å².